The van der Waals surface area contributed by atoms with Gasteiger partial charge in [0.1, 0.15) is 0 Å². The minimum atomic E-state index is 0. The van der Waals surface area contributed by atoms with Crippen molar-refractivity contribution in [2.45, 2.75) is 65.2 Å². The summed E-state index contributed by atoms with van der Waals surface area (Å²) >= 11 is 1.55. The van der Waals surface area contributed by atoms with Crippen LogP contribution in [0, 0.1) is 35.3 Å². The molecule has 4 fully saturated rings. The van der Waals surface area contributed by atoms with Gasteiger partial charge >= 0.3 is 41.3 Å². The molecule has 34 heavy (non-hydrogen) atoms. The van der Waals surface area contributed by atoms with Crippen LogP contribution in [0.15, 0.2) is 60.2 Å². The Bertz CT molecular complexity index is 982. The summed E-state index contributed by atoms with van der Waals surface area (Å²) in [5.74, 6) is 3.21. The molecule has 2 aromatic carbocycles. The van der Waals surface area contributed by atoms with E-state index < -0.39 is 0 Å². The van der Waals surface area contributed by atoms with E-state index in [0.29, 0.717) is 5.41 Å². The largest absolute Gasteiger partial charge is 0.269 e. The third kappa shape index (κ3) is 5.96. The van der Waals surface area contributed by atoms with Crippen LogP contribution in [-0.2, 0) is 30.7 Å². The molecule has 4 bridgehead atoms. The number of allylic oxidation sites excluding steroid dienone is 4. The average molecular weight is 571 g/mol. The van der Waals surface area contributed by atoms with Gasteiger partial charge in [-0.2, -0.15) is 35.9 Å². The molecule has 0 aliphatic heterocycles. The van der Waals surface area contributed by atoms with Crippen molar-refractivity contribution in [3.63, 3.8) is 0 Å². The fraction of sp³-hybridized carbons (Fsp3) is 0.452. The van der Waals surface area contributed by atoms with Gasteiger partial charge in [0.25, 0.3) is 0 Å². The van der Waals surface area contributed by atoms with Crippen LogP contribution >= 0.6 is 24.8 Å². The number of rotatable bonds is 1. The molecule has 0 amide bonds. The molecule has 8 rings (SSSR count). The van der Waals surface area contributed by atoms with Crippen molar-refractivity contribution >= 4 is 28.0 Å². The van der Waals surface area contributed by atoms with Gasteiger partial charge in [-0.1, -0.05) is 35.4 Å². The van der Waals surface area contributed by atoms with Crippen LogP contribution < -0.4 is 0 Å². The SMILES string of the molecule is C[C](C)=[Zr+2].Cl.Cl.[C-]1=C(C23CC4CC(CC(C4)C2)C3)C=CC1.[c-]1cccc2c1Cc1ccccc1-2. The number of benzene rings is 2. The van der Waals surface area contributed by atoms with Crippen LogP contribution in [0.1, 0.15) is 69.9 Å². The van der Waals surface area contributed by atoms with E-state index in [2.05, 4.69) is 74.5 Å². The van der Waals surface area contributed by atoms with Crippen molar-refractivity contribution in [1.82, 2.24) is 0 Å². The first-order chi connectivity index (χ1) is 15.5. The molecule has 3 heteroatoms. The molecule has 6 aliphatic rings. The second kappa shape index (κ2) is 12.0. The van der Waals surface area contributed by atoms with Gasteiger partial charge in [-0.3, -0.25) is 6.08 Å². The van der Waals surface area contributed by atoms with Crippen molar-refractivity contribution in [3.8, 4) is 11.1 Å². The zero-order valence-electron chi connectivity index (χ0n) is 20.4. The van der Waals surface area contributed by atoms with Crippen molar-refractivity contribution in [1.29, 1.82) is 0 Å². The third-order valence-electron chi connectivity index (χ3n) is 7.92. The Kier molecular flexibility index (Phi) is 9.82. The van der Waals surface area contributed by atoms with Crippen LogP contribution in [-0.4, -0.2) is 3.21 Å². The maximum absolute atomic E-state index is 3.62. The van der Waals surface area contributed by atoms with Crippen LogP contribution in [0.3, 0.4) is 0 Å². The van der Waals surface area contributed by atoms with Gasteiger partial charge in [-0.25, -0.2) is 11.6 Å². The molecule has 4 saturated carbocycles. The Balaban J connectivity index is 0.000000159. The van der Waals surface area contributed by atoms with Gasteiger partial charge in [0.2, 0.25) is 0 Å². The van der Waals surface area contributed by atoms with Crippen LogP contribution in [0.25, 0.3) is 11.1 Å². The molecule has 0 aromatic heterocycles. The summed E-state index contributed by atoms with van der Waals surface area (Å²) in [6.07, 6.45) is 19.6. The molecule has 6 aliphatic carbocycles. The standard InChI is InChI=1S/C15H19.C13H9.C3H6.2ClH.Zr/c1-2-4-14(3-1)15-8-11-5-12(9-15)7-13(6-11)10-15;1-3-7-12-10(5-1)9-11-6-2-4-8-13(11)12;1-3-2;;;/h1,3,11-13H,2,5-10H2;1-5,7-8H,9H2;1-2H3;2*1H;/q2*-1;;;;+2. The molecular weight excluding hydrogens is 534 g/mol. The molecule has 0 N–H and O–H groups in total. The topological polar surface area (TPSA) is 0 Å². The predicted molar refractivity (Wildman–Crippen MR) is 145 cm³/mol. The third-order valence-corrected chi connectivity index (χ3v) is 7.92. The minimum Gasteiger partial charge on any atom is -0.269 e. The molecule has 0 heterocycles. The van der Waals surface area contributed by atoms with Gasteiger partial charge in [0.15, 0.2) is 0 Å². The monoisotopic (exact) mass is 568 g/mol. The fourth-order valence-electron chi connectivity index (χ4n) is 7.21. The van der Waals surface area contributed by atoms with Crippen LogP contribution in [0.2, 0.25) is 0 Å². The zero-order valence-corrected chi connectivity index (χ0v) is 24.5. The maximum Gasteiger partial charge on any atom is -0.0253 e. The normalized spacial score (nSPS) is 28.1. The quantitative estimate of drug-likeness (QED) is 0.257. The average Bonchev–Trinajstić information content (AvgIpc) is 3.42. The summed E-state index contributed by atoms with van der Waals surface area (Å²) in [5, 5.41) is 0. The van der Waals surface area contributed by atoms with E-state index in [1.54, 1.807) is 49.1 Å². The molecule has 0 nitrogen and oxygen atoms in total. The van der Waals surface area contributed by atoms with Gasteiger partial charge in [-0.05, 0) is 68.1 Å². The van der Waals surface area contributed by atoms with E-state index >= 15 is 0 Å². The Morgan fingerprint density at radius 3 is 2.06 bits per heavy atom. The van der Waals surface area contributed by atoms with E-state index in [1.807, 2.05) is 6.07 Å². The molecule has 178 valence electrons. The van der Waals surface area contributed by atoms with Crippen molar-refractivity contribution < 1.29 is 24.2 Å². The summed E-state index contributed by atoms with van der Waals surface area (Å²) in [6, 6.07) is 18.1. The van der Waals surface area contributed by atoms with E-state index in [-0.39, 0.29) is 24.8 Å². The van der Waals surface area contributed by atoms with Gasteiger partial charge in [0.05, 0.1) is 0 Å². The van der Waals surface area contributed by atoms with Gasteiger partial charge < -0.3 is 0 Å². The van der Waals surface area contributed by atoms with Crippen LogP contribution in [0.5, 0.6) is 0 Å². The number of hydrogen-bond acceptors (Lipinski definition) is 0. The molecular formula is C31H36Cl2Zr. The Hall–Kier alpha value is -0.747. The first-order valence-corrected chi connectivity index (χ1v) is 13.6. The number of fused-ring (bicyclic) bond motifs is 3. The Morgan fingerprint density at radius 2 is 1.47 bits per heavy atom. The molecule has 0 spiro atoms. The van der Waals surface area contributed by atoms with Crippen molar-refractivity contribution in [2.24, 2.45) is 23.2 Å². The Labute approximate surface area is 233 Å². The molecule has 2 aromatic rings. The first-order valence-electron chi connectivity index (χ1n) is 12.4. The second-order valence-corrected chi connectivity index (χ2v) is 13.2. The van der Waals surface area contributed by atoms with E-state index in [9.17, 15) is 0 Å². The fourth-order valence-corrected chi connectivity index (χ4v) is 7.21. The summed E-state index contributed by atoms with van der Waals surface area (Å²) in [4.78, 5) is 0. The van der Waals surface area contributed by atoms with Gasteiger partial charge in [0, 0.05) is 0 Å². The zero-order chi connectivity index (χ0) is 22.1. The number of halogens is 2. The Morgan fingerprint density at radius 1 is 0.882 bits per heavy atom. The molecule has 0 saturated heterocycles. The molecule has 0 unspecified atom stereocenters. The first kappa shape index (κ1) is 27.8. The smallest absolute Gasteiger partial charge is 0.0253 e. The van der Waals surface area contributed by atoms with Crippen molar-refractivity contribution in [3.05, 3.63) is 83.5 Å². The molecule has 0 atom stereocenters. The van der Waals surface area contributed by atoms with E-state index in [1.165, 1.54) is 44.7 Å². The predicted octanol–water partition coefficient (Wildman–Crippen LogP) is 8.54. The van der Waals surface area contributed by atoms with Crippen LogP contribution in [0.4, 0.5) is 0 Å². The summed E-state index contributed by atoms with van der Waals surface area (Å²) < 4.78 is 1.51. The minimum absolute atomic E-state index is 0. The summed E-state index contributed by atoms with van der Waals surface area (Å²) in [7, 11) is 0. The number of hydrogen-bond donors (Lipinski definition) is 0. The summed E-state index contributed by atoms with van der Waals surface area (Å²) in [5.41, 5.74) is 7.71. The van der Waals surface area contributed by atoms with E-state index in [0.717, 1.165) is 30.6 Å². The van der Waals surface area contributed by atoms with E-state index in [4.69, 9.17) is 0 Å². The van der Waals surface area contributed by atoms with Crippen molar-refractivity contribution in [2.75, 3.05) is 0 Å². The maximum atomic E-state index is 3.62. The summed E-state index contributed by atoms with van der Waals surface area (Å²) in [6.45, 7) is 4.25. The molecule has 0 radical (unpaired) electrons. The second-order valence-electron chi connectivity index (χ2n) is 10.8. The van der Waals surface area contributed by atoms with Gasteiger partial charge in [-0.15, -0.1) is 36.8 Å².